The van der Waals surface area contributed by atoms with Gasteiger partial charge in [0, 0.05) is 45.6 Å². The predicted molar refractivity (Wildman–Crippen MR) is 96.3 cm³/mol. The lowest BCUT2D eigenvalue weighted by Crippen LogP contribution is -2.47. The van der Waals surface area contributed by atoms with Crippen molar-refractivity contribution >= 4 is 6.03 Å². The molecule has 3 rings (SSSR count). The van der Waals surface area contributed by atoms with E-state index >= 15 is 0 Å². The summed E-state index contributed by atoms with van der Waals surface area (Å²) in [5, 5.41) is 3.12. The second kappa shape index (κ2) is 8.16. The summed E-state index contributed by atoms with van der Waals surface area (Å²) in [5.74, 6) is 1.34. The quantitative estimate of drug-likeness (QED) is 0.909. The van der Waals surface area contributed by atoms with E-state index in [4.69, 9.17) is 4.74 Å². The first-order valence-corrected chi connectivity index (χ1v) is 8.75. The Morgan fingerprint density at radius 1 is 1.40 bits per heavy atom. The zero-order valence-corrected chi connectivity index (χ0v) is 14.9. The van der Waals surface area contributed by atoms with Gasteiger partial charge in [0.15, 0.2) is 0 Å². The highest BCUT2D eigenvalue weighted by Crippen LogP contribution is 2.25. The lowest BCUT2D eigenvalue weighted by Gasteiger charge is -2.33. The number of urea groups is 1. The number of imidazole rings is 1. The lowest BCUT2D eigenvalue weighted by molar-refractivity contribution is 0.147. The summed E-state index contributed by atoms with van der Waals surface area (Å²) in [6.07, 6.45) is 5.83. The molecule has 2 aromatic rings. The molecule has 2 atom stereocenters. The van der Waals surface area contributed by atoms with E-state index < -0.39 is 0 Å². The number of carbonyl (C=O) groups excluding carboxylic acids is 1. The highest BCUT2D eigenvalue weighted by atomic mass is 16.5. The minimum absolute atomic E-state index is 0.0372. The van der Waals surface area contributed by atoms with Gasteiger partial charge >= 0.3 is 6.03 Å². The van der Waals surface area contributed by atoms with E-state index in [1.807, 2.05) is 59.2 Å². The van der Waals surface area contributed by atoms with Crippen LogP contribution in [0.5, 0.6) is 0 Å². The minimum Gasteiger partial charge on any atom is -0.382 e. The molecule has 1 aliphatic rings. The fraction of sp³-hybridized carbons (Fsp3) is 0.474. The molecule has 0 aliphatic carbocycles. The van der Waals surface area contributed by atoms with Gasteiger partial charge in [0.2, 0.25) is 0 Å². The fourth-order valence-corrected chi connectivity index (χ4v) is 3.46. The fourth-order valence-electron chi connectivity index (χ4n) is 3.46. The van der Waals surface area contributed by atoms with Crippen molar-refractivity contribution in [3.05, 3.63) is 54.1 Å². The first-order valence-electron chi connectivity index (χ1n) is 8.75. The van der Waals surface area contributed by atoms with Crippen molar-refractivity contribution in [2.45, 2.75) is 24.8 Å². The van der Waals surface area contributed by atoms with E-state index in [1.165, 1.54) is 0 Å². The second-order valence-corrected chi connectivity index (χ2v) is 6.55. The van der Waals surface area contributed by atoms with Crippen LogP contribution in [0, 0.1) is 0 Å². The zero-order chi connectivity index (χ0) is 17.6. The molecule has 134 valence electrons. The first kappa shape index (κ1) is 17.5. The molecule has 6 nitrogen and oxygen atoms in total. The van der Waals surface area contributed by atoms with Gasteiger partial charge in [0.05, 0.1) is 12.6 Å². The number of rotatable bonds is 5. The molecule has 1 aliphatic heterocycles. The molecule has 2 amide bonds. The smallest absolute Gasteiger partial charge is 0.317 e. The van der Waals surface area contributed by atoms with Gasteiger partial charge in [-0.25, -0.2) is 9.78 Å². The SMILES string of the molecule is COC[C@H](NC(=O)N1CCC[C@H](c2nccn2C)C1)c1ccccc1. The van der Waals surface area contributed by atoms with Crippen molar-refractivity contribution in [1.29, 1.82) is 0 Å². The van der Waals surface area contributed by atoms with E-state index in [9.17, 15) is 4.79 Å². The van der Waals surface area contributed by atoms with Crippen molar-refractivity contribution in [2.75, 3.05) is 26.8 Å². The summed E-state index contributed by atoms with van der Waals surface area (Å²) in [7, 11) is 3.66. The molecule has 0 radical (unpaired) electrons. The predicted octanol–water partition coefficient (Wildman–Crippen LogP) is 2.70. The number of carbonyl (C=O) groups is 1. The zero-order valence-electron chi connectivity index (χ0n) is 14.9. The normalized spacial score (nSPS) is 18.8. The molecule has 1 N–H and O–H groups in total. The molecule has 0 unspecified atom stereocenters. The monoisotopic (exact) mass is 342 g/mol. The second-order valence-electron chi connectivity index (χ2n) is 6.55. The van der Waals surface area contributed by atoms with Crippen LogP contribution in [0.2, 0.25) is 0 Å². The van der Waals surface area contributed by atoms with Crippen LogP contribution in [0.15, 0.2) is 42.7 Å². The molecule has 0 saturated carbocycles. The van der Waals surface area contributed by atoms with Crippen LogP contribution < -0.4 is 5.32 Å². The number of methoxy groups -OCH3 is 1. The molecule has 1 aromatic heterocycles. The first-order chi connectivity index (χ1) is 12.2. The number of amides is 2. The Morgan fingerprint density at radius 3 is 2.88 bits per heavy atom. The summed E-state index contributed by atoms with van der Waals surface area (Å²) < 4.78 is 7.34. The summed E-state index contributed by atoms with van der Waals surface area (Å²) in [6.45, 7) is 1.93. The molecule has 25 heavy (non-hydrogen) atoms. The van der Waals surface area contributed by atoms with E-state index in [0.29, 0.717) is 13.2 Å². The van der Waals surface area contributed by atoms with Gasteiger partial charge in [-0.3, -0.25) is 0 Å². The number of aromatic nitrogens is 2. The van der Waals surface area contributed by atoms with Crippen molar-refractivity contribution in [1.82, 2.24) is 19.8 Å². The maximum absolute atomic E-state index is 12.8. The number of likely N-dealkylation sites (tertiary alicyclic amines) is 1. The topological polar surface area (TPSA) is 59.4 Å². The molecular formula is C19H26N4O2. The van der Waals surface area contributed by atoms with Crippen LogP contribution in [0.25, 0.3) is 0 Å². The standard InChI is InChI=1S/C19H26N4O2/c1-22-12-10-20-18(22)16-9-6-11-23(13-16)19(24)21-17(14-25-2)15-7-4-3-5-8-15/h3-5,7-8,10,12,16-17H,6,9,11,13-14H2,1-2H3,(H,21,24)/t16-,17-/m0/s1. The minimum atomic E-state index is -0.146. The van der Waals surface area contributed by atoms with Crippen LogP contribution in [0.3, 0.4) is 0 Å². The van der Waals surface area contributed by atoms with Gasteiger partial charge in [-0.15, -0.1) is 0 Å². The summed E-state index contributed by atoms with van der Waals surface area (Å²) in [6, 6.07) is 9.76. The number of nitrogens with one attached hydrogen (secondary N) is 1. The number of piperidine rings is 1. The van der Waals surface area contributed by atoms with E-state index in [1.54, 1.807) is 7.11 Å². The molecule has 6 heteroatoms. The third kappa shape index (κ3) is 4.20. The van der Waals surface area contributed by atoms with Gasteiger partial charge in [-0.2, -0.15) is 0 Å². The van der Waals surface area contributed by atoms with Gasteiger partial charge in [-0.05, 0) is 18.4 Å². The Balaban J connectivity index is 1.66. The van der Waals surface area contributed by atoms with E-state index in [2.05, 4.69) is 10.3 Å². The third-order valence-electron chi connectivity index (χ3n) is 4.77. The number of benzene rings is 1. The molecule has 1 saturated heterocycles. The molecule has 0 spiro atoms. The largest absolute Gasteiger partial charge is 0.382 e. The number of hydrogen-bond donors (Lipinski definition) is 1. The van der Waals surface area contributed by atoms with Gasteiger partial charge in [0.25, 0.3) is 0 Å². The summed E-state index contributed by atoms with van der Waals surface area (Å²) in [5.41, 5.74) is 1.05. The lowest BCUT2D eigenvalue weighted by atomic mass is 9.97. The van der Waals surface area contributed by atoms with Crippen LogP contribution in [0.4, 0.5) is 4.79 Å². The molecule has 2 heterocycles. The van der Waals surface area contributed by atoms with Crippen molar-refractivity contribution in [3.63, 3.8) is 0 Å². The third-order valence-corrected chi connectivity index (χ3v) is 4.77. The number of ether oxygens (including phenoxy) is 1. The number of nitrogens with zero attached hydrogens (tertiary/aromatic N) is 3. The van der Waals surface area contributed by atoms with Crippen LogP contribution >= 0.6 is 0 Å². The van der Waals surface area contributed by atoms with Gasteiger partial charge in [-0.1, -0.05) is 30.3 Å². The van der Waals surface area contributed by atoms with E-state index in [0.717, 1.165) is 30.8 Å². The summed E-state index contributed by atoms with van der Waals surface area (Å²) >= 11 is 0. The molecule has 1 aromatic carbocycles. The highest BCUT2D eigenvalue weighted by molar-refractivity contribution is 5.75. The number of hydrogen-bond acceptors (Lipinski definition) is 3. The highest BCUT2D eigenvalue weighted by Gasteiger charge is 2.28. The Labute approximate surface area is 148 Å². The average Bonchev–Trinajstić information content (AvgIpc) is 3.08. The van der Waals surface area contributed by atoms with Crippen molar-refractivity contribution in [2.24, 2.45) is 7.05 Å². The number of aryl methyl sites for hydroxylation is 1. The van der Waals surface area contributed by atoms with Crippen LogP contribution in [0.1, 0.15) is 36.2 Å². The van der Waals surface area contributed by atoms with Crippen molar-refractivity contribution < 1.29 is 9.53 Å². The van der Waals surface area contributed by atoms with Gasteiger partial charge in [0.1, 0.15) is 5.82 Å². The Hall–Kier alpha value is -2.34. The van der Waals surface area contributed by atoms with Crippen LogP contribution in [-0.4, -0.2) is 47.3 Å². The molecule has 0 bridgehead atoms. The molecular weight excluding hydrogens is 316 g/mol. The van der Waals surface area contributed by atoms with Crippen LogP contribution in [-0.2, 0) is 11.8 Å². The van der Waals surface area contributed by atoms with Crippen molar-refractivity contribution in [3.8, 4) is 0 Å². The maximum atomic E-state index is 12.8. The Bertz CT molecular complexity index is 686. The average molecular weight is 342 g/mol. The Kier molecular flexibility index (Phi) is 5.71. The Morgan fingerprint density at radius 2 is 2.20 bits per heavy atom. The maximum Gasteiger partial charge on any atom is 0.317 e. The van der Waals surface area contributed by atoms with E-state index in [-0.39, 0.29) is 18.0 Å². The molecule has 1 fully saturated rings. The van der Waals surface area contributed by atoms with Gasteiger partial charge < -0.3 is 19.5 Å². The summed E-state index contributed by atoms with van der Waals surface area (Å²) in [4.78, 5) is 19.1.